The number of allylic oxidation sites excluding steroid dienone is 1. The minimum absolute atomic E-state index is 0.0225. The Morgan fingerprint density at radius 2 is 1.13 bits per heavy atom. The van der Waals surface area contributed by atoms with E-state index in [9.17, 15) is 45.5 Å². The van der Waals surface area contributed by atoms with Gasteiger partial charge < -0.3 is 87.2 Å². The number of anilines is 2. The van der Waals surface area contributed by atoms with Gasteiger partial charge in [-0.05, 0) is 133 Å². The second-order valence-corrected chi connectivity index (χ2v) is 31.2. The van der Waals surface area contributed by atoms with Crippen molar-refractivity contribution in [1.29, 1.82) is 0 Å². The monoisotopic (exact) mass is 1810 g/mol. The Balaban J connectivity index is 0.406. The fraction of sp³-hybridized carbons (Fsp3) is 0.479. The van der Waals surface area contributed by atoms with E-state index in [1.165, 1.54) is 42.2 Å². The van der Waals surface area contributed by atoms with Crippen LogP contribution in [0.5, 0.6) is 11.5 Å². The lowest BCUT2D eigenvalue weighted by Crippen LogP contribution is -2.44. The average Bonchev–Trinajstić information content (AvgIpc) is 1.58. The maximum absolute atomic E-state index is 14.3. The van der Waals surface area contributed by atoms with Crippen molar-refractivity contribution >= 4 is 46.2 Å². The molecule has 30 nitrogen and oxygen atoms in total. The number of benzene rings is 5. The van der Waals surface area contributed by atoms with Gasteiger partial charge in [-0.2, -0.15) is 23.4 Å². The van der Waals surface area contributed by atoms with Crippen molar-refractivity contribution in [1.82, 2.24) is 50.4 Å². The van der Waals surface area contributed by atoms with Crippen molar-refractivity contribution < 1.29 is 112 Å². The molecule has 698 valence electrons. The number of fused-ring (bicyclic) bond motifs is 6. The van der Waals surface area contributed by atoms with Gasteiger partial charge in [0.15, 0.2) is 17.2 Å². The highest BCUT2D eigenvalue weighted by molar-refractivity contribution is 6.07. The number of carbonyl (C=O) groups is 4. The SMILES string of the molecule is Cc1ccc(C(=O)Cc2ccc(CN3CCN(C)CC3)c(C(F)(F)F)c2)cc1C#Cc1cnc2cc(OCCOCCOCCOCCOCCOCCOCCNC(=O)[C@H]3C[C@@H]4C[C@H]3C3=CNN=C(c5cccc(C(=O)CCCOCCOCCOCCOCCOCCOCCNC(=O)c6cccc(-c7cc(Nc8ccc(OC(F)(F)F)cc8)ncn7)c6)c5)C34)cnn12. The number of imidazole rings is 1. The first-order chi connectivity index (χ1) is 63.2. The molecule has 2 aliphatic carbocycles. The fourth-order valence-corrected chi connectivity index (χ4v) is 15.3. The van der Waals surface area contributed by atoms with Crippen LogP contribution in [0.15, 0.2) is 157 Å². The molecule has 8 aromatic rings. The molecule has 4 aliphatic rings. The van der Waals surface area contributed by atoms with E-state index in [1.807, 2.05) is 49.3 Å². The van der Waals surface area contributed by atoms with Crippen LogP contribution in [0.3, 0.4) is 0 Å². The van der Waals surface area contributed by atoms with E-state index in [0.29, 0.717) is 252 Å². The number of halogens is 6. The number of aryl methyl sites for hydroxylation is 1. The summed E-state index contributed by atoms with van der Waals surface area (Å²) in [6.45, 7) is 15.1. The van der Waals surface area contributed by atoms with Crippen LogP contribution in [-0.4, -0.2) is 281 Å². The molecule has 3 aromatic heterocycles. The first kappa shape index (κ1) is 98.3. The van der Waals surface area contributed by atoms with Gasteiger partial charge in [0, 0.05) is 129 Å². The largest absolute Gasteiger partial charge is 0.573 e. The van der Waals surface area contributed by atoms with Crippen LogP contribution in [0.1, 0.15) is 95.8 Å². The molecule has 0 spiro atoms. The molecule has 3 fully saturated rings. The number of amides is 2. The molecule has 2 amide bonds. The molecule has 4 atom stereocenters. The summed E-state index contributed by atoms with van der Waals surface area (Å²) in [5.41, 5.74) is 11.3. The first-order valence-corrected chi connectivity index (χ1v) is 43.7. The summed E-state index contributed by atoms with van der Waals surface area (Å²) in [7, 11) is 2.00. The molecule has 5 aromatic carbocycles. The summed E-state index contributed by atoms with van der Waals surface area (Å²) in [5.74, 6) is 6.48. The lowest BCUT2D eigenvalue weighted by atomic mass is 9.74. The van der Waals surface area contributed by atoms with Crippen LogP contribution in [0.2, 0.25) is 0 Å². The lowest BCUT2D eigenvalue weighted by molar-refractivity contribution is -0.274. The molecule has 2 bridgehead atoms. The zero-order valence-corrected chi connectivity index (χ0v) is 73.0. The zero-order valence-electron chi connectivity index (χ0n) is 73.0. The lowest BCUT2D eigenvalue weighted by Gasteiger charge is -2.33. The summed E-state index contributed by atoms with van der Waals surface area (Å²) in [4.78, 5) is 70.4. The number of alkyl halides is 6. The Hall–Kier alpha value is -10.7. The Labute approximate surface area is 751 Å². The van der Waals surface area contributed by atoms with Gasteiger partial charge in [-0.3, -0.25) is 29.5 Å². The van der Waals surface area contributed by atoms with Crippen molar-refractivity contribution in [2.75, 3.05) is 217 Å². The molecule has 36 heteroatoms. The van der Waals surface area contributed by atoms with Gasteiger partial charge in [0.2, 0.25) is 5.91 Å². The molecular formula is C94H112F6N12O18. The molecule has 4 N–H and O–H groups in total. The van der Waals surface area contributed by atoms with Crippen molar-refractivity contribution in [3.8, 4) is 34.6 Å². The smallest absolute Gasteiger partial charge is 0.489 e. The van der Waals surface area contributed by atoms with Gasteiger partial charge >= 0.3 is 12.5 Å². The number of aromatic nitrogens is 5. The third-order valence-corrected chi connectivity index (χ3v) is 21.9. The summed E-state index contributed by atoms with van der Waals surface area (Å²) in [6.07, 6.45) is -0.565. The Bertz CT molecular complexity index is 5070. The van der Waals surface area contributed by atoms with Crippen molar-refractivity contribution in [2.24, 2.45) is 28.8 Å². The third-order valence-electron chi connectivity index (χ3n) is 21.9. The van der Waals surface area contributed by atoms with E-state index >= 15 is 0 Å². The molecule has 0 radical (unpaired) electrons. The molecule has 12 rings (SSSR count). The predicted molar refractivity (Wildman–Crippen MR) is 468 cm³/mol. The molecule has 130 heavy (non-hydrogen) atoms. The van der Waals surface area contributed by atoms with Gasteiger partial charge in [-0.15, -0.1) is 13.2 Å². The molecule has 1 unspecified atom stereocenters. The highest BCUT2D eigenvalue weighted by Crippen LogP contribution is 2.56. The van der Waals surface area contributed by atoms with E-state index in [2.05, 4.69) is 62.9 Å². The van der Waals surface area contributed by atoms with E-state index in [0.717, 1.165) is 48.8 Å². The second kappa shape index (κ2) is 51.8. The number of nitrogens with zero attached hydrogens (tertiary/aromatic N) is 8. The van der Waals surface area contributed by atoms with Crippen LogP contribution < -0.4 is 30.8 Å². The fourth-order valence-electron chi connectivity index (χ4n) is 15.3. The molecule has 5 heterocycles. The predicted octanol–water partition coefficient (Wildman–Crippen LogP) is 11.0. The molecule has 2 saturated carbocycles. The number of carbonyl (C=O) groups excluding carboxylic acids is 4. The van der Waals surface area contributed by atoms with Crippen molar-refractivity contribution in [3.05, 3.63) is 208 Å². The van der Waals surface area contributed by atoms with Crippen LogP contribution >= 0.6 is 0 Å². The molecule has 1 saturated heterocycles. The number of hydrogen-bond donors (Lipinski definition) is 4. The first-order valence-electron chi connectivity index (χ1n) is 43.7. The van der Waals surface area contributed by atoms with E-state index < -0.39 is 18.1 Å². The van der Waals surface area contributed by atoms with Gasteiger partial charge in [0.25, 0.3) is 5.91 Å². The topological polar surface area (TPSA) is 320 Å². The Kier molecular flexibility index (Phi) is 39.1. The van der Waals surface area contributed by atoms with Crippen molar-refractivity contribution in [2.45, 2.75) is 58.1 Å². The minimum atomic E-state index is -4.79. The maximum Gasteiger partial charge on any atom is 0.573 e. The quantitative estimate of drug-likeness (QED) is 0.0119. The standard InChI is InChI=1S/C94H112F6N12O18/c1-66-11-13-71(86(114)53-67-12-14-74(83(52-67)93(95,96)97)64-111-25-23-110(2)24-26-111)54-68(66)15-18-77-61-103-88-59-79(62-107-112(77)88)129-51-50-128-49-48-127-47-46-126-45-44-125-41-38-122-35-32-119-29-22-102-92(116)81-58-75-57-80(81)82-63-106-109-90(89(75)82)72-8-4-7-70(56-72)85(113)10-5-27-117-30-33-120-36-39-123-42-43-124-40-37-121-34-31-118-28-21-101-91(115)73-9-3-6-69(55-73)84-60-87(105-65-104-84)108-76-16-19-78(20-17-76)130-94(98,99)100/h3-4,6-9,11-14,16-17,19-20,52,54-56,59-63,65,75,80-81,89,106H,5,10,21-51,53,57-58,64H2,1-2H3,(H,101,115)(H,102,116)(H,104,105,108)/t75-,80+,81-,89?/m0/s1. The third kappa shape index (κ3) is 31.8. The van der Waals surface area contributed by atoms with Crippen molar-refractivity contribution in [3.63, 3.8) is 0 Å². The van der Waals surface area contributed by atoms with Gasteiger partial charge in [-0.25, -0.2) is 19.5 Å². The number of hydrogen-bond acceptors (Lipinski definition) is 27. The summed E-state index contributed by atoms with van der Waals surface area (Å²) >= 11 is 0. The van der Waals surface area contributed by atoms with Crippen LogP contribution in [0.25, 0.3) is 16.9 Å². The number of ketones is 2. The molecular weight excluding hydrogens is 1700 g/mol. The maximum atomic E-state index is 14.3. The number of piperazine rings is 1. The number of likely N-dealkylation sites (N-methyl/N-ethyl adjacent to an activating group) is 1. The zero-order chi connectivity index (χ0) is 91.1. The average molecular weight is 1810 g/mol. The number of hydrazone groups is 1. The number of Topliss-reactive ketones (excluding diaryl/α,β-unsaturated/α-hetero) is 2. The van der Waals surface area contributed by atoms with E-state index in [4.69, 9.17) is 66.7 Å². The van der Waals surface area contributed by atoms with Crippen LogP contribution in [-0.2, 0) is 80.8 Å². The minimum Gasteiger partial charge on any atom is -0.489 e. The summed E-state index contributed by atoms with van der Waals surface area (Å²) in [5, 5.41) is 18.1. The summed E-state index contributed by atoms with van der Waals surface area (Å²) in [6, 6.07) is 32.5. The second-order valence-electron chi connectivity index (χ2n) is 31.2. The van der Waals surface area contributed by atoms with Gasteiger partial charge in [0.05, 0.1) is 181 Å². The van der Waals surface area contributed by atoms with E-state index in [1.54, 1.807) is 77.6 Å². The highest BCUT2D eigenvalue weighted by Gasteiger charge is 2.54. The normalized spacial score (nSPS) is 16.2. The Morgan fingerprint density at radius 3 is 1.76 bits per heavy atom. The number of rotatable bonds is 57. The summed E-state index contributed by atoms with van der Waals surface area (Å²) < 4.78 is 159. The molecule has 2 aliphatic heterocycles. The van der Waals surface area contributed by atoms with Crippen LogP contribution in [0.4, 0.5) is 37.8 Å². The highest BCUT2D eigenvalue weighted by atomic mass is 19.4. The van der Waals surface area contributed by atoms with Crippen LogP contribution in [0, 0.1) is 42.4 Å². The number of ether oxygens (including phenoxy) is 14. The van der Waals surface area contributed by atoms with Gasteiger partial charge in [0.1, 0.15) is 35.9 Å². The number of nitrogens with one attached hydrogen (secondary N) is 4. The Morgan fingerprint density at radius 1 is 0.546 bits per heavy atom. The van der Waals surface area contributed by atoms with Gasteiger partial charge in [-0.1, -0.05) is 60.5 Å². The van der Waals surface area contributed by atoms with E-state index in [-0.39, 0.29) is 91.1 Å².